The van der Waals surface area contributed by atoms with Gasteiger partial charge in [-0.15, -0.1) is 0 Å². The molecule has 0 spiro atoms. The molecule has 7 heteroatoms. The normalized spacial score (nSPS) is 23.2. The Kier molecular flexibility index (Phi) is 6.36. The Bertz CT molecular complexity index is 300. The van der Waals surface area contributed by atoms with Crippen molar-refractivity contribution in [2.75, 3.05) is 0 Å². The van der Waals surface area contributed by atoms with Gasteiger partial charge in [-0.25, -0.2) is 4.79 Å². The van der Waals surface area contributed by atoms with Gasteiger partial charge in [0.15, 0.2) is 12.4 Å². The van der Waals surface area contributed by atoms with Crippen molar-refractivity contribution in [3.05, 3.63) is 0 Å². The lowest BCUT2D eigenvalue weighted by Crippen LogP contribution is -2.49. The molecule has 4 N–H and O–H groups in total. The number of esters is 1. The van der Waals surface area contributed by atoms with Gasteiger partial charge >= 0.3 is 5.97 Å². The summed E-state index contributed by atoms with van der Waals surface area (Å²) in [5, 5.41) is 37.3. The largest absolute Gasteiger partial charge is 0.460 e. The smallest absolute Gasteiger partial charge is 0.338 e. The van der Waals surface area contributed by atoms with Crippen LogP contribution in [0.15, 0.2) is 0 Å². The molecule has 0 amide bonds. The minimum absolute atomic E-state index is 0.00702. The fraction of sp³-hybridized carbons (Fsp3) is 0.833. The molecule has 4 atom stereocenters. The molecule has 0 aromatic carbocycles. The number of aliphatic hydroxyl groups excluding tert-OH is 4. The molecular formula is C12H20O7. The molecule has 1 aliphatic carbocycles. The summed E-state index contributed by atoms with van der Waals surface area (Å²) in [6.07, 6.45) is -3.72. The van der Waals surface area contributed by atoms with E-state index in [2.05, 4.69) is 0 Å². The molecule has 1 rings (SSSR count). The number of hydrogen-bond donors (Lipinski definition) is 4. The summed E-state index contributed by atoms with van der Waals surface area (Å²) in [6, 6.07) is 0. The fourth-order valence-electron chi connectivity index (χ4n) is 2.03. The standard InChI is InChI=1S/C12H20O7/c13-6-8(14)9(15)10(16)11(17)12(18)19-7-4-2-1-3-5-7/h6-11,14-17H,1-5H2/t8-,9+,10+,11-/m0/s1. The van der Waals surface area contributed by atoms with Gasteiger partial charge in [0.2, 0.25) is 0 Å². The number of rotatable bonds is 6. The van der Waals surface area contributed by atoms with Crippen molar-refractivity contribution in [3.63, 3.8) is 0 Å². The summed E-state index contributed by atoms with van der Waals surface area (Å²) in [4.78, 5) is 21.8. The molecule has 0 aromatic heterocycles. The van der Waals surface area contributed by atoms with E-state index in [1.165, 1.54) is 0 Å². The Morgan fingerprint density at radius 2 is 1.63 bits per heavy atom. The molecule has 1 fully saturated rings. The van der Waals surface area contributed by atoms with Crippen LogP contribution in [0, 0.1) is 0 Å². The maximum absolute atomic E-state index is 11.6. The van der Waals surface area contributed by atoms with Crippen LogP contribution >= 0.6 is 0 Å². The van der Waals surface area contributed by atoms with E-state index in [-0.39, 0.29) is 12.4 Å². The van der Waals surface area contributed by atoms with E-state index in [4.69, 9.17) is 9.84 Å². The maximum atomic E-state index is 11.6. The predicted molar refractivity (Wildman–Crippen MR) is 63.1 cm³/mol. The first-order valence-electron chi connectivity index (χ1n) is 6.35. The summed E-state index contributed by atoms with van der Waals surface area (Å²) in [6.45, 7) is 0. The van der Waals surface area contributed by atoms with Crippen LogP contribution in [0.5, 0.6) is 0 Å². The zero-order valence-electron chi connectivity index (χ0n) is 10.5. The average Bonchev–Trinajstić information content (AvgIpc) is 2.44. The molecule has 0 unspecified atom stereocenters. The summed E-state index contributed by atoms with van der Waals surface area (Å²) >= 11 is 0. The Hall–Kier alpha value is -1.02. The van der Waals surface area contributed by atoms with Crippen LogP contribution in [0.3, 0.4) is 0 Å². The number of carbonyl (C=O) groups excluding carboxylic acids is 2. The third-order valence-electron chi connectivity index (χ3n) is 3.24. The molecule has 0 bridgehead atoms. The maximum Gasteiger partial charge on any atom is 0.338 e. The van der Waals surface area contributed by atoms with Crippen LogP contribution in [0.1, 0.15) is 32.1 Å². The summed E-state index contributed by atoms with van der Waals surface area (Å²) in [5.74, 6) is -1.06. The number of aldehydes is 1. The van der Waals surface area contributed by atoms with E-state index in [0.29, 0.717) is 12.8 Å². The topological polar surface area (TPSA) is 124 Å². The summed E-state index contributed by atoms with van der Waals surface area (Å²) < 4.78 is 5.01. The Balaban J connectivity index is 2.48. The molecule has 0 aromatic rings. The Morgan fingerprint density at radius 1 is 1.05 bits per heavy atom. The van der Waals surface area contributed by atoms with E-state index in [1.807, 2.05) is 0 Å². The molecule has 110 valence electrons. The third-order valence-corrected chi connectivity index (χ3v) is 3.24. The zero-order valence-corrected chi connectivity index (χ0v) is 10.5. The minimum atomic E-state index is -1.99. The first-order valence-corrected chi connectivity index (χ1v) is 6.35. The van der Waals surface area contributed by atoms with Crippen LogP contribution < -0.4 is 0 Å². The van der Waals surface area contributed by atoms with Gasteiger partial charge in [-0.1, -0.05) is 6.42 Å². The molecule has 1 aliphatic rings. The van der Waals surface area contributed by atoms with Crippen LogP contribution in [0.25, 0.3) is 0 Å². The SMILES string of the molecule is O=C[C@H](O)[C@@H](O)[C@@H](O)[C@H](O)C(=O)OC1CCCCC1. The lowest BCUT2D eigenvalue weighted by Gasteiger charge is -2.26. The van der Waals surface area contributed by atoms with Crippen molar-refractivity contribution < 1.29 is 34.8 Å². The van der Waals surface area contributed by atoms with Crippen molar-refractivity contribution in [2.24, 2.45) is 0 Å². The van der Waals surface area contributed by atoms with Gasteiger partial charge in [0.1, 0.15) is 24.4 Å². The highest BCUT2D eigenvalue weighted by molar-refractivity contribution is 5.75. The zero-order chi connectivity index (χ0) is 14.4. The number of ether oxygens (including phenoxy) is 1. The van der Waals surface area contributed by atoms with E-state index >= 15 is 0 Å². The molecule has 1 saturated carbocycles. The van der Waals surface area contributed by atoms with Gasteiger partial charge in [0, 0.05) is 0 Å². The quantitative estimate of drug-likeness (QED) is 0.344. The Labute approximate surface area is 110 Å². The number of carbonyl (C=O) groups is 2. The lowest BCUT2D eigenvalue weighted by atomic mass is 9.97. The molecule has 0 aliphatic heterocycles. The first kappa shape index (κ1) is 16.0. The molecule has 19 heavy (non-hydrogen) atoms. The van der Waals surface area contributed by atoms with Crippen molar-refractivity contribution in [3.8, 4) is 0 Å². The second-order valence-corrected chi connectivity index (χ2v) is 4.75. The van der Waals surface area contributed by atoms with Crippen molar-refractivity contribution in [1.29, 1.82) is 0 Å². The van der Waals surface area contributed by atoms with Crippen molar-refractivity contribution >= 4 is 12.3 Å². The molecule has 0 radical (unpaired) electrons. The van der Waals surface area contributed by atoms with E-state index in [9.17, 15) is 24.9 Å². The van der Waals surface area contributed by atoms with Crippen LogP contribution in [0.2, 0.25) is 0 Å². The van der Waals surface area contributed by atoms with Crippen molar-refractivity contribution in [2.45, 2.75) is 62.6 Å². The second kappa shape index (κ2) is 7.54. The fourth-order valence-corrected chi connectivity index (χ4v) is 2.03. The van der Waals surface area contributed by atoms with Crippen LogP contribution in [-0.4, -0.2) is 63.2 Å². The molecular weight excluding hydrogens is 256 g/mol. The lowest BCUT2D eigenvalue weighted by molar-refractivity contribution is -0.175. The summed E-state index contributed by atoms with van der Waals surface area (Å²) in [7, 11) is 0. The highest BCUT2D eigenvalue weighted by atomic mass is 16.6. The van der Waals surface area contributed by atoms with Gasteiger partial charge in [0.05, 0.1) is 0 Å². The minimum Gasteiger partial charge on any atom is -0.460 e. The van der Waals surface area contributed by atoms with E-state index < -0.39 is 30.4 Å². The van der Waals surface area contributed by atoms with Gasteiger partial charge in [0.25, 0.3) is 0 Å². The Morgan fingerprint density at radius 3 is 2.16 bits per heavy atom. The molecule has 0 saturated heterocycles. The van der Waals surface area contributed by atoms with Crippen LogP contribution in [-0.2, 0) is 14.3 Å². The number of aliphatic hydroxyl groups is 4. The molecule has 7 nitrogen and oxygen atoms in total. The van der Waals surface area contributed by atoms with Gasteiger partial charge < -0.3 is 30.0 Å². The monoisotopic (exact) mass is 276 g/mol. The van der Waals surface area contributed by atoms with E-state index in [1.54, 1.807) is 0 Å². The highest BCUT2D eigenvalue weighted by Crippen LogP contribution is 2.21. The third kappa shape index (κ3) is 4.54. The highest BCUT2D eigenvalue weighted by Gasteiger charge is 2.36. The first-order chi connectivity index (χ1) is 8.97. The van der Waals surface area contributed by atoms with E-state index in [0.717, 1.165) is 19.3 Å². The second-order valence-electron chi connectivity index (χ2n) is 4.75. The average molecular weight is 276 g/mol. The van der Waals surface area contributed by atoms with Crippen molar-refractivity contribution in [1.82, 2.24) is 0 Å². The molecule has 0 heterocycles. The van der Waals surface area contributed by atoms with Gasteiger partial charge in [-0.2, -0.15) is 0 Å². The number of hydrogen-bond acceptors (Lipinski definition) is 7. The predicted octanol–water partition coefficient (Wildman–Crippen LogP) is -1.50. The summed E-state index contributed by atoms with van der Waals surface area (Å²) in [5.41, 5.74) is 0. The van der Waals surface area contributed by atoms with Crippen LogP contribution in [0.4, 0.5) is 0 Å². The van der Waals surface area contributed by atoms with Gasteiger partial charge in [-0.3, -0.25) is 0 Å². The van der Waals surface area contributed by atoms with Gasteiger partial charge in [-0.05, 0) is 25.7 Å².